The second-order valence-corrected chi connectivity index (χ2v) is 2.55. The van der Waals surface area contributed by atoms with E-state index in [1.54, 1.807) is 12.2 Å². The Morgan fingerprint density at radius 3 is 2.54 bits per heavy atom. The Balaban J connectivity index is 3.75. The quantitative estimate of drug-likeness (QED) is 0.400. The van der Waals surface area contributed by atoms with Crippen LogP contribution in [-0.2, 0) is 14.3 Å². The molecular weight excluding hydrogens is 172 g/mol. The molecule has 0 aliphatic heterocycles. The van der Waals surface area contributed by atoms with Crippen molar-refractivity contribution in [2.24, 2.45) is 0 Å². The van der Waals surface area contributed by atoms with Gasteiger partial charge >= 0.3 is 11.9 Å². The molecule has 4 nitrogen and oxygen atoms in total. The molecule has 0 bridgehead atoms. The molecule has 0 aliphatic carbocycles. The monoisotopic (exact) mass is 186 g/mol. The van der Waals surface area contributed by atoms with Gasteiger partial charge in [0.25, 0.3) is 0 Å². The second-order valence-electron chi connectivity index (χ2n) is 2.55. The number of ether oxygens (including phenoxy) is 1. The molecule has 0 amide bonds. The number of aliphatic hydroxyl groups is 1. The molecule has 1 unspecified atom stereocenters. The summed E-state index contributed by atoms with van der Waals surface area (Å²) in [6, 6.07) is 0. The maximum atomic E-state index is 10.8. The summed E-state index contributed by atoms with van der Waals surface area (Å²) in [5.41, 5.74) is 0. The Morgan fingerprint density at radius 1 is 1.46 bits per heavy atom. The fourth-order valence-electron chi connectivity index (χ4n) is 0.585. The van der Waals surface area contributed by atoms with Crippen LogP contribution in [0.15, 0.2) is 12.2 Å². The van der Waals surface area contributed by atoms with Gasteiger partial charge in [-0.05, 0) is 13.3 Å². The zero-order valence-electron chi connectivity index (χ0n) is 7.82. The largest absolute Gasteiger partial charge is 0.391 e. The molecule has 1 atom stereocenters. The van der Waals surface area contributed by atoms with Crippen LogP contribution >= 0.6 is 0 Å². The van der Waals surface area contributed by atoms with Gasteiger partial charge in [0.15, 0.2) is 0 Å². The van der Waals surface area contributed by atoms with E-state index in [1.807, 2.05) is 6.92 Å². The minimum Gasteiger partial charge on any atom is -0.391 e. The molecule has 0 radical (unpaired) electrons. The minimum absolute atomic E-state index is 0.0618. The van der Waals surface area contributed by atoms with Gasteiger partial charge in [-0.1, -0.05) is 19.1 Å². The SMILES string of the molecule is CC/C=C\CC(=O)OC(=O)C(C)O. The molecule has 0 saturated carbocycles. The molecule has 1 N–H and O–H groups in total. The average Bonchev–Trinajstić information content (AvgIpc) is 2.04. The van der Waals surface area contributed by atoms with Crippen molar-refractivity contribution >= 4 is 11.9 Å². The Bertz CT molecular complexity index is 206. The van der Waals surface area contributed by atoms with Gasteiger partial charge in [0.1, 0.15) is 6.10 Å². The maximum absolute atomic E-state index is 10.8. The van der Waals surface area contributed by atoms with E-state index in [-0.39, 0.29) is 6.42 Å². The average molecular weight is 186 g/mol. The van der Waals surface area contributed by atoms with E-state index < -0.39 is 18.0 Å². The molecule has 0 fully saturated rings. The van der Waals surface area contributed by atoms with Gasteiger partial charge in [-0.3, -0.25) is 4.79 Å². The van der Waals surface area contributed by atoms with Gasteiger partial charge < -0.3 is 9.84 Å². The zero-order valence-corrected chi connectivity index (χ0v) is 7.82. The molecule has 13 heavy (non-hydrogen) atoms. The van der Waals surface area contributed by atoms with E-state index in [9.17, 15) is 9.59 Å². The number of esters is 2. The van der Waals surface area contributed by atoms with Crippen molar-refractivity contribution in [2.45, 2.75) is 32.8 Å². The number of allylic oxidation sites excluding steroid dienone is 1. The molecule has 0 saturated heterocycles. The zero-order chi connectivity index (χ0) is 10.3. The van der Waals surface area contributed by atoms with E-state index in [2.05, 4.69) is 4.74 Å². The van der Waals surface area contributed by atoms with Crippen molar-refractivity contribution in [1.29, 1.82) is 0 Å². The Labute approximate surface area is 77.2 Å². The number of rotatable bonds is 4. The van der Waals surface area contributed by atoms with Crippen LogP contribution in [-0.4, -0.2) is 23.1 Å². The molecule has 0 aromatic heterocycles. The third-order valence-electron chi connectivity index (χ3n) is 1.24. The molecule has 74 valence electrons. The summed E-state index contributed by atoms with van der Waals surface area (Å²) in [7, 11) is 0. The van der Waals surface area contributed by atoms with E-state index in [1.165, 1.54) is 6.92 Å². The van der Waals surface area contributed by atoms with E-state index in [4.69, 9.17) is 5.11 Å². The Hall–Kier alpha value is -1.16. The van der Waals surface area contributed by atoms with Crippen LogP contribution in [0.25, 0.3) is 0 Å². The van der Waals surface area contributed by atoms with Crippen LogP contribution in [0.4, 0.5) is 0 Å². The molecule has 0 aromatic carbocycles. The van der Waals surface area contributed by atoms with Crippen LogP contribution in [0.2, 0.25) is 0 Å². The standard InChI is InChI=1S/C9H14O4/c1-3-4-5-6-8(11)13-9(12)7(2)10/h4-5,7,10H,3,6H2,1-2H3/b5-4-. The van der Waals surface area contributed by atoms with Crippen LogP contribution in [0.3, 0.4) is 0 Å². The maximum Gasteiger partial charge on any atom is 0.342 e. The highest BCUT2D eigenvalue weighted by Crippen LogP contribution is 1.93. The lowest BCUT2D eigenvalue weighted by molar-refractivity contribution is -0.164. The second kappa shape index (κ2) is 6.37. The summed E-state index contributed by atoms with van der Waals surface area (Å²) in [6.45, 7) is 3.18. The van der Waals surface area contributed by atoms with Gasteiger partial charge in [-0.25, -0.2) is 4.79 Å². The lowest BCUT2D eigenvalue weighted by Crippen LogP contribution is -2.22. The van der Waals surface area contributed by atoms with E-state index in [0.29, 0.717) is 0 Å². The van der Waals surface area contributed by atoms with Crippen molar-refractivity contribution in [3.63, 3.8) is 0 Å². The summed E-state index contributed by atoms with van der Waals surface area (Å²) in [6.07, 6.45) is 3.06. The van der Waals surface area contributed by atoms with Gasteiger partial charge in [-0.15, -0.1) is 0 Å². The first kappa shape index (κ1) is 11.8. The first-order valence-electron chi connectivity index (χ1n) is 4.15. The summed E-state index contributed by atoms with van der Waals surface area (Å²) < 4.78 is 4.28. The number of hydrogen-bond acceptors (Lipinski definition) is 4. The lowest BCUT2D eigenvalue weighted by Gasteiger charge is -2.02. The molecule has 4 heteroatoms. The fourth-order valence-corrected chi connectivity index (χ4v) is 0.585. The molecule has 0 spiro atoms. The first-order valence-corrected chi connectivity index (χ1v) is 4.15. The van der Waals surface area contributed by atoms with E-state index >= 15 is 0 Å². The number of aliphatic hydroxyl groups excluding tert-OH is 1. The molecular formula is C9H14O4. The lowest BCUT2D eigenvalue weighted by atomic mass is 10.3. The number of carbonyl (C=O) groups is 2. The smallest absolute Gasteiger partial charge is 0.342 e. The summed E-state index contributed by atoms with van der Waals surface area (Å²) >= 11 is 0. The Morgan fingerprint density at radius 2 is 2.08 bits per heavy atom. The number of hydrogen-bond donors (Lipinski definition) is 1. The van der Waals surface area contributed by atoms with Crippen molar-refractivity contribution in [2.75, 3.05) is 0 Å². The predicted molar refractivity (Wildman–Crippen MR) is 46.8 cm³/mol. The van der Waals surface area contributed by atoms with Crippen LogP contribution in [0.1, 0.15) is 26.7 Å². The van der Waals surface area contributed by atoms with Gasteiger partial charge in [0, 0.05) is 0 Å². The first-order chi connectivity index (χ1) is 6.07. The van der Waals surface area contributed by atoms with Crippen LogP contribution in [0, 0.1) is 0 Å². The third-order valence-corrected chi connectivity index (χ3v) is 1.24. The third kappa shape index (κ3) is 6.04. The van der Waals surface area contributed by atoms with Gasteiger partial charge in [0.05, 0.1) is 6.42 Å². The fraction of sp³-hybridized carbons (Fsp3) is 0.556. The van der Waals surface area contributed by atoms with Crippen molar-refractivity contribution in [3.05, 3.63) is 12.2 Å². The van der Waals surface area contributed by atoms with Gasteiger partial charge in [0.2, 0.25) is 0 Å². The summed E-state index contributed by atoms with van der Waals surface area (Å²) in [5, 5.41) is 8.70. The molecule has 0 aromatic rings. The molecule has 0 rings (SSSR count). The summed E-state index contributed by atoms with van der Waals surface area (Å²) in [4.78, 5) is 21.5. The van der Waals surface area contributed by atoms with Crippen molar-refractivity contribution < 1.29 is 19.4 Å². The van der Waals surface area contributed by atoms with Crippen molar-refractivity contribution in [1.82, 2.24) is 0 Å². The Kier molecular flexibility index (Phi) is 5.80. The van der Waals surface area contributed by atoms with Gasteiger partial charge in [-0.2, -0.15) is 0 Å². The van der Waals surface area contributed by atoms with Crippen LogP contribution < -0.4 is 0 Å². The normalized spacial score (nSPS) is 12.8. The minimum atomic E-state index is -1.25. The topological polar surface area (TPSA) is 63.6 Å². The highest BCUT2D eigenvalue weighted by Gasteiger charge is 2.13. The summed E-state index contributed by atoms with van der Waals surface area (Å²) in [5.74, 6) is -1.55. The highest BCUT2D eigenvalue weighted by molar-refractivity contribution is 5.88. The predicted octanol–water partition coefficient (Wildman–Crippen LogP) is 0.793. The highest BCUT2D eigenvalue weighted by atomic mass is 16.6. The van der Waals surface area contributed by atoms with Crippen LogP contribution in [0.5, 0.6) is 0 Å². The molecule has 0 aliphatic rings. The van der Waals surface area contributed by atoms with E-state index in [0.717, 1.165) is 6.42 Å². The van der Waals surface area contributed by atoms with Crippen molar-refractivity contribution in [3.8, 4) is 0 Å². The number of carbonyl (C=O) groups excluding carboxylic acids is 2. The molecule has 0 heterocycles.